The number of aliphatic carboxylic acids is 1. The molecule has 0 spiro atoms. The molecule has 0 radical (unpaired) electrons. The number of aromatic nitrogens is 2. The van der Waals surface area contributed by atoms with E-state index in [4.69, 9.17) is 5.11 Å². The van der Waals surface area contributed by atoms with Crippen LogP contribution in [0, 0.1) is 0 Å². The van der Waals surface area contributed by atoms with Gasteiger partial charge in [-0.1, -0.05) is 0 Å². The van der Waals surface area contributed by atoms with Crippen molar-refractivity contribution in [2.24, 2.45) is 7.05 Å². The number of hydrogen-bond acceptors (Lipinski definition) is 3. The van der Waals surface area contributed by atoms with Crippen molar-refractivity contribution in [3.05, 3.63) is 18.2 Å². The Balaban J connectivity index is 2.24. The molecule has 18 heavy (non-hydrogen) atoms. The van der Waals surface area contributed by atoms with Crippen molar-refractivity contribution in [1.29, 1.82) is 0 Å². The third-order valence-electron chi connectivity index (χ3n) is 2.55. The summed E-state index contributed by atoms with van der Waals surface area (Å²) in [5, 5.41) is 11.2. The van der Waals surface area contributed by atoms with E-state index in [1.165, 1.54) is 4.90 Å². The zero-order valence-electron chi connectivity index (χ0n) is 10.6. The van der Waals surface area contributed by atoms with Crippen LogP contribution in [-0.4, -0.2) is 51.7 Å². The van der Waals surface area contributed by atoms with E-state index in [0.717, 1.165) is 5.82 Å². The van der Waals surface area contributed by atoms with Gasteiger partial charge in [-0.25, -0.2) is 9.78 Å². The average Bonchev–Trinajstić information content (AvgIpc) is 2.72. The van der Waals surface area contributed by atoms with Crippen LogP contribution in [0.25, 0.3) is 0 Å². The molecule has 7 nitrogen and oxygen atoms in total. The molecule has 0 bridgehead atoms. The largest absolute Gasteiger partial charge is 0.481 e. The number of aryl methyl sites for hydroxylation is 1. The molecule has 0 aromatic carbocycles. The molecule has 0 saturated carbocycles. The third-order valence-corrected chi connectivity index (χ3v) is 2.55. The maximum Gasteiger partial charge on any atom is 0.317 e. The number of carbonyl (C=O) groups excluding carboxylic acids is 1. The lowest BCUT2D eigenvalue weighted by atomic mass is 10.4. The number of hydrogen-bond donors (Lipinski definition) is 2. The van der Waals surface area contributed by atoms with E-state index in [1.54, 1.807) is 13.2 Å². The number of nitrogens with zero attached hydrogens (tertiary/aromatic N) is 3. The standard InChI is InChI=1S/C11H18N4O3/c1-14-8-6-12-9(14)3-5-13-11(18)15(2)7-4-10(16)17/h6,8H,3-5,7H2,1-2H3,(H,13,18)(H,16,17). The minimum Gasteiger partial charge on any atom is -0.481 e. The Morgan fingerprint density at radius 2 is 2.28 bits per heavy atom. The van der Waals surface area contributed by atoms with Gasteiger partial charge in [0.05, 0.1) is 6.42 Å². The Hall–Kier alpha value is -2.05. The van der Waals surface area contributed by atoms with Crippen molar-refractivity contribution in [3.8, 4) is 0 Å². The number of carboxylic acid groups (broad SMARTS) is 1. The topological polar surface area (TPSA) is 87.5 Å². The summed E-state index contributed by atoms with van der Waals surface area (Å²) in [4.78, 5) is 27.4. The van der Waals surface area contributed by atoms with E-state index in [-0.39, 0.29) is 19.0 Å². The van der Waals surface area contributed by atoms with Crippen LogP contribution in [-0.2, 0) is 18.3 Å². The van der Waals surface area contributed by atoms with Crippen molar-refractivity contribution < 1.29 is 14.7 Å². The molecule has 100 valence electrons. The third kappa shape index (κ3) is 4.44. The molecular formula is C11H18N4O3. The van der Waals surface area contributed by atoms with Crippen molar-refractivity contribution >= 4 is 12.0 Å². The van der Waals surface area contributed by atoms with Gasteiger partial charge in [-0.05, 0) is 0 Å². The van der Waals surface area contributed by atoms with Crippen LogP contribution in [0.1, 0.15) is 12.2 Å². The fourth-order valence-corrected chi connectivity index (χ4v) is 1.42. The number of nitrogens with one attached hydrogen (secondary N) is 1. The van der Waals surface area contributed by atoms with Gasteiger partial charge in [0.2, 0.25) is 0 Å². The number of carbonyl (C=O) groups is 2. The average molecular weight is 254 g/mol. The van der Waals surface area contributed by atoms with Gasteiger partial charge in [-0.2, -0.15) is 0 Å². The molecular weight excluding hydrogens is 236 g/mol. The second-order valence-electron chi connectivity index (χ2n) is 4.00. The van der Waals surface area contributed by atoms with Crippen LogP contribution in [0.3, 0.4) is 0 Å². The SMILES string of the molecule is CN(CCC(=O)O)C(=O)NCCc1nccn1C. The Morgan fingerprint density at radius 3 is 2.83 bits per heavy atom. The van der Waals surface area contributed by atoms with E-state index < -0.39 is 5.97 Å². The zero-order chi connectivity index (χ0) is 13.5. The first-order valence-electron chi connectivity index (χ1n) is 5.67. The highest BCUT2D eigenvalue weighted by atomic mass is 16.4. The molecule has 0 aliphatic carbocycles. The van der Waals surface area contributed by atoms with Crippen LogP contribution in [0.5, 0.6) is 0 Å². The highest BCUT2D eigenvalue weighted by molar-refractivity contribution is 5.74. The number of rotatable bonds is 6. The fourth-order valence-electron chi connectivity index (χ4n) is 1.42. The number of urea groups is 1. The zero-order valence-corrected chi connectivity index (χ0v) is 10.6. The number of imidazole rings is 1. The molecule has 2 amide bonds. The van der Waals surface area contributed by atoms with Gasteiger partial charge in [-0.3, -0.25) is 4.79 Å². The van der Waals surface area contributed by atoms with Gasteiger partial charge < -0.3 is 19.9 Å². The summed E-state index contributed by atoms with van der Waals surface area (Å²) in [5.74, 6) is -0.0221. The van der Waals surface area contributed by atoms with Crippen LogP contribution in [0.15, 0.2) is 12.4 Å². The van der Waals surface area contributed by atoms with Crippen molar-refractivity contribution in [1.82, 2.24) is 19.8 Å². The quantitative estimate of drug-likeness (QED) is 0.752. The lowest BCUT2D eigenvalue weighted by Gasteiger charge is -2.16. The Kier molecular flexibility index (Phi) is 5.16. The van der Waals surface area contributed by atoms with E-state index in [1.807, 2.05) is 17.8 Å². The Morgan fingerprint density at radius 1 is 1.56 bits per heavy atom. The Bertz CT molecular complexity index is 416. The Labute approximate surface area is 105 Å². The molecule has 1 rings (SSSR count). The van der Waals surface area contributed by atoms with Gasteiger partial charge in [-0.15, -0.1) is 0 Å². The maximum absolute atomic E-state index is 11.6. The van der Waals surface area contributed by atoms with E-state index in [9.17, 15) is 9.59 Å². The van der Waals surface area contributed by atoms with Crippen LogP contribution < -0.4 is 5.32 Å². The highest BCUT2D eigenvalue weighted by Crippen LogP contribution is 1.95. The summed E-state index contributed by atoms with van der Waals surface area (Å²) in [6, 6.07) is -0.273. The number of carboxylic acids is 1. The van der Waals surface area contributed by atoms with Crippen molar-refractivity contribution in [3.63, 3.8) is 0 Å². The van der Waals surface area contributed by atoms with E-state index in [2.05, 4.69) is 10.3 Å². The predicted molar refractivity (Wildman–Crippen MR) is 65.2 cm³/mol. The molecule has 7 heteroatoms. The van der Waals surface area contributed by atoms with Crippen LogP contribution in [0.4, 0.5) is 4.79 Å². The molecule has 1 aromatic heterocycles. The van der Waals surface area contributed by atoms with Crippen LogP contribution >= 0.6 is 0 Å². The molecule has 0 saturated heterocycles. The summed E-state index contributed by atoms with van der Waals surface area (Å²) in [6.07, 6.45) is 4.14. The van der Waals surface area contributed by atoms with Crippen LogP contribution in [0.2, 0.25) is 0 Å². The lowest BCUT2D eigenvalue weighted by molar-refractivity contribution is -0.137. The van der Waals surface area contributed by atoms with E-state index >= 15 is 0 Å². The molecule has 0 atom stereocenters. The predicted octanol–water partition coefficient (Wildman–Crippen LogP) is 0.0787. The molecule has 1 aromatic rings. The normalized spacial score (nSPS) is 10.1. The molecule has 0 unspecified atom stereocenters. The first-order valence-corrected chi connectivity index (χ1v) is 5.67. The van der Waals surface area contributed by atoms with Gasteiger partial charge >= 0.3 is 12.0 Å². The van der Waals surface area contributed by atoms with Crippen molar-refractivity contribution in [2.45, 2.75) is 12.8 Å². The van der Waals surface area contributed by atoms with Gasteiger partial charge in [0.1, 0.15) is 5.82 Å². The molecule has 2 N–H and O–H groups in total. The summed E-state index contributed by atoms with van der Waals surface area (Å²) < 4.78 is 1.89. The lowest BCUT2D eigenvalue weighted by Crippen LogP contribution is -2.39. The smallest absolute Gasteiger partial charge is 0.317 e. The van der Waals surface area contributed by atoms with E-state index in [0.29, 0.717) is 13.0 Å². The number of amides is 2. The summed E-state index contributed by atoms with van der Waals surface area (Å²) >= 11 is 0. The van der Waals surface area contributed by atoms with Gasteiger partial charge in [0, 0.05) is 46.0 Å². The second-order valence-corrected chi connectivity index (χ2v) is 4.00. The first kappa shape index (κ1) is 14.0. The summed E-state index contributed by atoms with van der Waals surface area (Å²) in [6.45, 7) is 0.671. The monoisotopic (exact) mass is 254 g/mol. The van der Waals surface area contributed by atoms with Gasteiger partial charge in [0.25, 0.3) is 0 Å². The molecule has 0 fully saturated rings. The van der Waals surface area contributed by atoms with Gasteiger partial charge in [0.15, 0.2) is 0 Å². The second kappa shape index (κ2) is 6.63. The summed E-state index contributed by atoms with van der Waals surface area (Å²) in [7, 11) is 3.46. The highest BCUT2D eigenvalue weighted by Gasteiger charge is 2.09. The summed E-state index contributed by atoms with van der Waals surface area (Å²) in [5.41, 5.74) is 0. The maximum atomic E-state index is 11.6. The molecule has 0 aliphatic heterocycles. The molecule has 0 aliphatic rings. The first-order chi connectivity index (χ1) is 8.50. The minimum absolute atomic E-state index is 0.0523. The fraction of sp³-hybridized carbons (Fsp3) is 0.545. The van der Waals surface area contributed by atoms with Crippen molar-refractivity contribution in [2.75, 3.05) is 20.1 Å². The molecule has 1 heterocycles. The minimum atomic E-state index is -0.914.